The third kappa shape index (κ3) is 6.01. The van der Waals surface area contributed by atoms with Crippen molar-refractivity contribution in [2.45, 2.75) is 45.6 Å². The van der Waals surface area contributed by atoms with Crippen molar-refractivity contribution in [3.05, 3.63) is 54.6 Å². The molecule has 0 saturated heterocycles. The van der Waals surface area contributed by atoms with E-state index in [1.54, 1.807) is 7.11 Å². The lowest BCUT2D eigenvalue weighted by Gasteiger charge is -2.24. The number of hydrogen-bond donors (Lipinski definition) is 1. The number of hydrogen-bond acceptors (Lipinski definition) is 5. The number of phenols is 1. The number of aromatic hydroxyl groups is 1. The molecule has 29 heavy (non-hydrogen) atoms. The largest absolute Gasteiger partial charge is 0.507 e. The van der Waals surface area contributed by atoms with Gasteiger partial charge in [0, 0.05) is 23.6 Å². The van der Waals surface area contributed by atoms with Crippen LogP contribution in [-0.4, -0.2) is 30.9 Å². The van der Waals surface area contributed by atoms with Crippen LogP contribution in [0.15, 0.2) is 49.1 Å². The zero-order chi connectivity index (χ0) is 21.6. The molecule has 0 aromatic heterocycles. The number of esters is 1. The monoisotopic (exact) mass is 398 g/mol. The first kappa shape index (κ1) is 22.3. The van der Waals surface area contributed by atoms with Gasteiger partial charge in [0.2, 0.25) is 0 Å². The van der Waals surface area contributed by atoms with E-state index in [2.05, 4.69) is 6.58 Å². The Morgan fingerprint density at radius 3 is 2.38 bits per heavy atom. The molecule has 2 aromatic carbocycles. The molecular formula is C24H30O5. The molecule has 0 heterocycles. The van der Waals surface area contributed by atoms with E-state index >= 15 is 0 Å². The smallest absolute Gasteiger partial charge is 0.330 e. The van der Waals surface area contributed by atoms with Crippen molar-refractivity contribution in [1.82, 2.24) is 0 Å². The third-order valence-corrected chi connectivity index (χ3v) is 4.57. The van der Waals surface area contributed by atoms with E-state index in [-0.39, 0.29) is 17.3 Å². The lowest BCUT2D eigenvalue weighted by Crippen LogP contribution is -2.16. The number of benzene rings is 2. The predicted octanol–water partition coefficient (Wildman–Crippen LogP) is 5.25. The van der Waals surface area contributed by atoms with Crippen LogP contribution >= 0.6 is 0 Å². The van der Waals surface area contributed by atoms with Crippen molar-refractivity contribution in [1.29, 1.82) is 0 Å². The molecule has 0 saturated carbocycles. The van der Waals surface area contributed by atoms with Crippen LogP contribution < -0.4 is 9.47 Å². The second-order valence-electron chi connectivity index (χ2n) is 7.93. The standard InChI is InChI=1S/C24H30O5/c1-7-22(25)29-16(2)12-13-28-19-14-20(17-8-10-18(27-6)11-9-17)23(26)21(15-19)24(3,4)5/h7-11,14-16,26H,1,12-13H2,2-6H3. The topological polar surface area (TPSA) is 65.0 Å². The van der Waals surface area contributed by atoms with Gasteiger partial charge in [0.1, 0.15) is 23.4 Å². The highest BCUT2D eigenvalue weighted by atomic mass is 16.5. The molecule has 5 heteroatoms. The summed E-state index contributed by atoms with van der Waals surface area (Å²) in [5, 5.41) is 10.9. The zero-order valence-corrected chi connectivity index (χ0v) is 17.8. The van der Waals surface area contributed by atoms with Crippen LogP contribution in [0.4, 0.5) is 0 Å². The van der Waals surface area contributed by atoms with Gasteiger partial charge in [-0.15, -0.1) is 0 Å². The summed E-state index contributed by atoms with van der Waals surface area (Å²) in [5.41, 5.74) is 2.10. The Balaban J connectivity index is 2.27. The van der Waals surface area contributed by atoms with Crippen molar-refractivity contribution in [2.24, 2.45) is 0 Å². The molecule has 1 atom stereocenters. The molecule has 0 fully saturated rings. The second-order valence-corrected chi connectivity index (χ2v) is 7.93. The highest BCUT2D eigenvalue weighted by molar-refractivity contribution is 5.81. The summed E-state index contributed by atoms with van der Waals surface area (Å²) in [6, 6.07) is 11.2. The predicted molar refractivity (Wildman–Crippen MR) is 115 cm³/mol. The highest BCUT2D eigenvalue weighted by Crippen LogP contribution is 2.41. The lowest BCUT2D eigenvalue weighted by atomic mass is 9.84. The first-order valence-corrected chi connectivity index (χ1v) is 9.63. The summed E-state index contributed by atoms with van der Waals surface area (Å²) in [7, 11) is 1.62. The van der Waals surface area contributed by atoms with Gasteiger partial charge in [-0.05, 0) is 42.2 Å². The maximum absolute atomic E-state index is 11.3. The van der Waals surface area contributed by atoms with E-state index in [0.29, 0.717) is 24.3 Å². The number of phenolic OH excluding ortho intramolecular Hbond substituents is 1. The molecule has 1 unspecified atom stereocenters. The summed E-state index contributed by atoms with van der Waals surface area (Å²) in [6.07, 6.45) is 1.41. The average molecular weight is 398 g/mol. The molecule has 156 valence electrons. The maximum Gasteiger partial charge on any atom is 0.330 e. The summed E-state index contributed by atoms with van der Waals surface area (Å²) in [6.45, 7) is 11.7. The molecule has 1 N–H and O–H groups in total. The maximum atomic E-state index is 11.3. The van der Waals surface area contributed by atoms with Gasteiger partial charge in [0.05, 0.1) is 13.7 Å². The molecule has 0 bridgehead atoms. The normalized spacial score (nSPS) is 12.2. The minimum absolute atomic E-state index is 0.239. The minimum Gasteiger partial charge on any atom is -0.507 e. The Kier molecular flexibility index (Phi) is 7.32. The molecular weight excluding hydrogens is 368 g/mol. The van der Waals surface area contributed by atoms with Gasteiger partial charge in [-0.3, -0.25) is 0 Å². The Morgan fingerprint density at radius 1 is 1.17 bits per heavy atom. The molecule has 0 aliphatic carbocycles. The molecule has 0 aliphatic rings. The van der Waals surface area contributed by atoms with E-state index in [1.807, 2.05) is 64.1 Å². The van der Waals surface area contributed by atoms with Gasteiger partial charge in [-0.25, -0.2) is 4.79 Å². The first-order chi connectivity index (χ1) is 13.7. The highest BCUT2D eigenvalue weighted by Gasteiger charge is 2.22. The summed E-state index contributed by atoms with van der Waals surface area (Å²) in [5.74, 6) is 1.20. The van der Waals surface area contributed by atoms with Gasteiger partial charge in [-0.2, -0.15) is 0 Å². The van der Waals surface area contributed by atoms with Crippen molar-refractivity contribution in [3.8, 4) is 28.4 Å². The molecule has 0 aliphatic heterocycles. The molecule has 2 rings (SSSR count). The number of ether oxygens (including phenoxy) is 3. The number of methoxy groups -OCH3 is 1. The molecule has 2 aromatic rings. The zero-order valence-electron chi connectivity index (χ0n) is 17.8. The Labute approximate surface area is 172 Å². The van der Waals surface area contributed by atoms with Crippen molar-refractivity contribution in [3.63, 3.8) is 0 Å². The van der Waals surface area contributed by atoms with Crippen LogP contribution in [0.2, 0.25) is 0 Å². The Hall–Kier alpha value is -2.95. The van der Waals surface area contributed by atoms with E-state index in [0.717, 1.165) is 23.0 Å². The van der Waals surface area contributed by atoms with Gasteiger partial charge in [-0.1, -0.05) is 39.5 Å². The third-order valence-electron chi connectivity index (χ3n) is 4.57. The van der Waals surface area contributed by atoms with Crippen LogP contribution in [-0.2, 0) is 14.9 Å². The lowest BCUT2D eigenvalue weighted by molar-refractivity contribution is -0.142. The number of carbonyl (C=O) groups excluding carboxylic acids is 1. The van der Waals surface area contributed by atoms with E-state index < -0.39 is 5.97 Å². The van der Waals surface area contributed by atoms with Gasteiger partial charge in [0.25, 0.3) is 0 Å². The van der Waals surface area contributed by atoms with Crippen LogP contribution in [0.1, 0.15) is 39.7 Å². The SMILES string of the molecule is C=CC(=O)OC(C)CCOc1cc(-c2ccc(OC)cc2)c(O)c(C(C)(C)C)c1. The van der Waals surface area contributed by atoms with Crippen LogP contribution in [0.3, 0.4) is 0 Å². The average Bonchev–Trinajstić information content (AvgIpc) is 2.68. The number of rotatable bonds is 8. The fourth-order valence-electron chi connectivity index (χ4n) is 2.90. The van der Waals surface area contributed by atoms with Crippen LogP contribution in [0, 0.1) is 0 Å². The fourth-order valence-corrected chi connectivity index (χ4v) is 2.90. The summed E-state index contributed by atoms with van der Waals surface area (Å²) < 4.78 is 16.3. The number of carbonyl (C=O) groups is 1. The van der Waals surface area contributed by atoms with Crippen molar-refractivity contribution >= 4 is 5.97 Å². The van der Waals surface area contributed by atoms with Crippen molar-refractivity contribution < 1.29 is 24.1 Å². The Bertz CT molecular complexity index is 847. The van der Waals surface area contributed by atoms with E-state index in [4.69, 9.17) is 14.2 Å². The Morgan fingerprint density at radius 2 is 1.83 bits per heavy atom. The molecule has 0 spiro atoms. The minimum atomic E-state index is -0.445. The van der Waals surface area contributed by atoms with Crippen LogP contribution in [0.5, 0.6) is 17.2 Å². The summed E-state index contributed by atoms with van der Waals surface area (Å²) >= 11 is 0. The summed E-state index contributed by atoms with van der Waals surface area (Å²) in [4.78, 5) is 11.3. The van der Waals surface area contributed by atoms with E-state index in [1.165, 1.54) is 0 Å². The second kappa shape index (κ2) is 9.50. The molecule has 0 radical (unpaired) electrons. The molecule has 5 nitrogen and oxygen atoms in total. The molecule has 0 amide bonds. The van der Waals surface area contributed by atoms with Crippen molar-refractivity contribution in [2.75, 3.05) is 13.7 Å². The fraction of sp³-hybridized carbons (Fsp3) is 0.375. The quantitative estimate of drug-likeness (QED) is 0.486. The van der Waals surface area contributed by atoms with Crippen LogP contribution in [0.25, 0.3) is 11.1 Å². The van der Waals surface area contributed by atoms with Gasteiger partial charge >= 0.3 is 5.97 Å². The first-order valence-electron chi connectivity index (χ1n) is 9.63. The van der Waals surface area contributed by atoms with E-state index in [9.17, 15) is 9.90 Å². The van der Waals surface area contributed by atoms with Gasteiger partial charge in [0.15, 0.2) is 0 Å². The van der Waals surface area contributed by atoms with Gasteiger partial charge < -0.3 is 19.3 Å².